The Morgan fingerprint density at radius 1 is 0.846 bits per heavy atom. The van der Waals surface area contributed by atoms with Crippen molar-refractivity contribution in [2.24, 2.45) is 0 Å². The molecule has 0 bridgehead atoms. The molecule has 5 heteroatoms. The van der Waals surface area contributed by atoms with Gasteiger partial charge in [-0.3, -0.25) is 0 Å². The molecule has 0 aliphatic heterocycles. The molecular weight excluding hydrogens is 330 g/mol. The Hall–Kier alpha value is -3.60. The second-order valence-electron chi connectivity index (χ2n) is 5.54. The number of benzene rings is 3. The largest absolute Gasteiger partial charge is 0.478 e. The van der Waals surface area contributed by atoms with Crippen molar-refractivity contribution in [3.63, 3.8) is 0 Å². The molecule has 0 aliphatic rings. The average molecular weight is 347 g/mol. The summed E-state index contributed by atoms with van der Waals surface area (Å²) in [5.41, 5.74) is 2.32. The van der Waals surface area contributed by atoms with Gasteiger partial charge >= 0.3 is 11.9 Å². The van der Waals surface area contributed by atoms with Crippen LogP contribution >= 0.6 is 0 Å². The van der Waals surface area contributed by atoms with E-state index in [4.69, 9.17) is 4.74 Å². The van der Waals surface area contributed by atoms with Gasteiger partial charge in [-0.1, -0.05) is 36.4 Å². The van der Waals surface area contributed by atoms with Crippen molar-refractivity contribution in [2.45, 2.75) is 0 Å². The van der Waals surface area contributed by atoms with E-state index in [1.807, 2.05) is 60.7 Å². The summed E-state index contributed by atoms with van der Waals surface area (Å²) in [6, 6.07) is 23.2. The summed E-state index contributed by atoms with van der Waals surface area (Å²) in [6.07, 6.45) is 0. The Labute approximate surface area is 151 Å². The summed E-state index contributed by atoms with van der Waals surface area (Å²) in [5, 5.41) is 9.65. The fraction of sp³-hybridized carbons (Fsp3) is 0.0476. The van der Waals surface area contributed by atoms with Crippen molar-refractivity contribution in [1.82, 2.24) is 0 Å². The fourth-order valence-corrected chi connectivity index (χ4v) is 2.72. The third-order valence-electron chi connectivity index (χ3n) is 3.92. The van der Waals surface area contributed by atoms with E-state index in [1.165, 1.54) is 25.3 Å². The van der Waals surface area contributed by atoms with Crippen LogP contribution in [0, 0.1) is 0 Å². The maximum atomic E-state index is 12.0. The number of aromatic carboxylic acids is 1. The topological polar surface area (TPSA) is 66.8 Å². The molecule has 5 nitrogen and oxygen atoms in total. The number of para-hydroxylation sites is 2. The third kappa shape index (κ3) is 3.42. The van der Waals surface area contributed by atoms with E-state index in [-0.39, 0.29) is 11.1 Å². The zero-order chi connectivity index (χ0) is 18.5. The maximum absolute atomic E-state index is 12.0. The standard InChI is InChI=1S/C21H17NO4/c1-26-21(25)15-12-13-18(20(23)24)19(14-15)22(16-8-4-2-5-9-16)17-10-6-3-7-11-17/h2-14H,1H3,(H,23,24). The molecule has 0 aromatic heterocycles. The van der Waals surface area contributed by atoms with Gasteiger partial charge in [0.1, 0.15) is 0 Å². The summed E-state index contributed by atoms with van der Waals surface area (Å²) in [6.45, 7) is 0. The number of methoxy groups -OCH3 is 1. The van der Waals surface area contributed by atoms with E-state index in [9.17, 15) is 14.7 Å². The SMILES string of the molecule is COC(=O)c1ccc(C(=O)O)c(N(c2ccccc2)c2ccccc2)c1. The Morgan fingerprint density at radius 2 is 1.38 bits per heavy atom. The van der Waals surface area contributed by atoms with E-state index in [0.29, 0.717) is 5.69 Å². The number of ether oxygens (including phenoxy) is 1. The monoisotopic (exact) mass is 347 g/mol. The number of esters is 1. The number of rotatable bonds is 5. The van der Waals surface area contributed by atoms with Gasteiger partial charge in [-0.2, -0.15) is 0 Å². The van der Waals surface area contributed by atoms with E-state index in [1.54, 1.807) is 4.90 Å². The molecule has 3 rings (SSSR count). The lowest BCUT2D eigenvalue weighted by Crippen LogP contribution is -2.15. The van der Waals surface area contributed by atoms with Gasteiger partial charge in [0.15, 0.2) is 0 Å². The van der Waals surface area contributed by atoms with Crippen molar-refractivity contribution in [1.29, 1.82) is 0 Å². The zero-order valence-electron chi connectivity index (χ0n) is 14.1. The van der Waals surface area contributed by atoms with E-state index in [2.05, 4.69) is 0 Å². The molecule has 0 radical (unpaired) electrons. The highest BCUT2D eigenvalue weighted by atomic mass is 16.5. The second-order valence-corrected chi connectivity index (χ2v) is 5.54. The highest BCUT2D eigenvalue weighted by Crippen LogP contribution is 2.37. The van der Waals surface area contributed by atoms with Gasteiger partial charge in [0.2, 0.25) is 0 Å². The normalized spacial score (nSPS) is 10.2. The van der Waals surface area contributed by atoms with Crippen molar-refractivity contribution in [2.75, 3.05) is 12.0 Å². The van der Waals surface area contributed by atoms with Gasteiger partial charge in [0.05, 0.1) is 23.9 Å². The van der Waals surface area contributed by atoms with Gasteiger partial charge in [0.25, 0.3) is 0 Å². The minimum atomic E-state index is -1.08. The van der Waals surface area contributed by atoms with Crippen LogP contribution in [0.1, 0.15) is 20.7 Å². The molecule has 0 saturated carbocycles. The van der Waals surface area contributed by atoms with Crippen LogP contribution in [0.25, 0.3) is 0 Å². The second kappa shape index (κ2) is 7.53. The summed E-state index contributed by atoms with van der Waals surface area (Å²) in [4.78, 5) is 25.6. The van der Waals surface area contributed by atoms with Crippen LogP contribution < -0.4 is 4.90 Å². The lowest BCUT2D eigenvalue weighted by molar-refractivity contribution is 0.0598. The van der Waals surface area contributed by atoms with Crippen LogP contribution in [0.4, 0.5) is 17.1 Å². The van der Waals surface area contributed by atoms with Crippen molar-refractivity contribution >= 4 is 29.0 Å². The van der Waals surface area contributed by atoms with E-state index in [0.717, 1.165) is 11.4 Å². The first-order valence-corrected chi connectivity index (χ1v) is 7.97. The summed E-state index contributed by atoms with van der Waals surface area (Å²) >= 11 is 0. The van der Waals surface area contributed by atoms with Crippen LogP contribution in [0.2, 0.25) is 0 Å². The zero-order valence-corrected chi connectivity index (χ0v) is 14.1. The van der Waals surface area contributed by atoms with Gasteiger partial charge in [-0.15, -0.1) is 0 Å². The minimum absolute atomic E-state index is 0.0883. The highest BCUT2D eigenvalue weighted by molar-refractivity contribution is 6.00. The number of hydrogen-bond acceptors (Lipinski definition) is 4. The highest BCUT2D eigenvalue weighted by Gasteiger charge is 2.21. The van der Waals surface area contributed by atoms with Crippen LogP contribution in [0.15, 0.2) is 78.9 Å². The Kier molecular flexibility index (Phi) is 4.99. The van der Waals surface area contributed by atoms with Crippen LogP contribution in [0.3, 0.4) is 0 Å². The first kappa shape index (κ1) is 17.2. The van der Waals surface area contributed by atoms with E-state index < -0.39 is 11.9 Å². The van der Waals surface area contributed by atoms with Crippen LogP contribution in [0.5, 0.6) is 0 Å². The first-order chi connectivity index (χ1) is 12.6. The molecule has 0 amide bonds. The molecule has 0 heterocycles. The van der Waals surface area contributed by atoms with Crippen LogP contribution in [-0.2, 0) is 4.74 Å². The maximum Gasteiger partial charge on any atom is 0.337 e. The Morgan fingerprint density at radius 3 is 1.85 bits per heavy atom. The Balaban J connectivity index is 2.26. The predicted molar refractivity (Wildman–Crippen MR) is 99.4 cm³/mol. The smallest absolute Gasteiger partial charge is 0.337 e. The van der Waals surface area contributed by atoms with Gasteiger partial charge < -0.3 is 14.7 Å². The molecule has 0 aliphatic carbocycles. The van der Waals surface area contributed by atoms with Crippen molar-refractivity contribution < 1.29 is 19.4 Å². The summed E-state index contributed by atoms with van der Waals surface area (Å²) < 4.78 is 4.78. The Bertz CT molecular complexity index is 884. The van der Waals surface area contributed by atoms with Gasteiger partial charge in [-0.25, -0.2) is 9.59 Å². The molecule has 0 atom stereocenters. The third-order valence-corrected chi connectivity index (χ3v) is 3.92. The molecule has 0 spiro atoms. The van der Waals surface area contributed by atoms with Crippen molar-refractivity contribution in [3.8, 4) is 0 Å². The number of hydrogen-bond donors (Lipinski definition) is 1. The summed E-state index contributed by atoms with van der Waals surface area (Å²) in [7, 11) is 1.29. The number of carboxylic acid groups (broad SMARTS) is 1. The first-order valence-electron chi connectivity index (χ1n) is 7.97. The molecule has 0 fully saturated rings. The van der Waals surface area contributed by atoms with E-state index >= 15 is 0 Å². The van der Waals surface area contributed by atoms with Gasteiger partial charge in [-0.05, 0) is 42.5 Å². The average Bonchev–Trinajstić information content (AvgIpc) is 2.69. The molecular formula is C21H17NO4. The minimum Gasteiger partial charge on any atom is -0.478 e. The number of nitrogens with zero attached hydrogens (tertiary/aromatic N) is 1. The molecule has 1 N–H and O–H groups in total. The lowest BCUT2D eigenvalue weighted by Gasteiger charge is -2.27. The summed E-state index contributed by atoms with van der Waals surface area (Å²) in [5.74, 6) is -1.60. The number of carboxylic acids is 1. The van der Waals surface area contributed by atoms with Crippen LogP contribution in [-0.4, -0.2) is 24.2 Å². The number of carbonyl (C=O) groups excluding carboxylic acids is 1. The number of anilines is 3. The molecule has 26 heavy (non-hydrogen) atoms. The lowest BCUT2D eigenvalue weighted by atomic mass is 10.1. The molecule has 3 aromatic carbocycles. The predicted octanol–water partition coefficient (Wildman–Crippen LogP) is 4.64. The molecule has 3 aromatic rings. The molecule has 0 saturated heterocycles. The van der Waals surface area contributed by atoms with Gasteiger partial charge in [0, 0.05) is 11.4 Å². The quantitative estimate of drug-likeness (QED) is 0.681. The number of carbonyl (C=O) groups is 2. The fourth-order valence-electron chi connectivity index (χ4n) is 2.72. The molecule has 0 unspecified atom stereocenters. The molecule has 130 valence electrons. The van der Waals surface area contributed by atoms with Crippen molar-refractivity contribution in [3.05, 3.63) is 90.0 Å².